The van der Waals surface area contributed by atoms with Crippen molar-refractivity contribution in [3.8, 4) is 23.9 Å². The zero-order chi connectivity index (χ0) is 109. The summed E-state index contributed by atoms with van der Waals surface area (Å²) in [5, 5.41) is 118. The van der Waals surface area contributed by atoms with E-state index in [-0.39, 0.29) is 180 Å². The van der Waals surface area contributed by atoms with Gasteiger partial charge in [0.2, 0.25) is 66.3 Å². The van der Waals surface area contributed by atoms with E-state index < -0.39 is 89.2 Å². The second kappa shape index (κ2) is 66.8. The van der Waals surface area contributed by atoms with Crippen LogP contribution in [0.25, 0.3) is 0 Å². The third-order valence-electron chi connectivity index (χ3n) is 28.5. The Bertz CT molecular complexity index is 5200. The number of rotatable bonds is 54. The second-order valence-corrected chi connectivity index (χ2v) is 41.8. The summed E-state index contributed by atoms with van der Waals surface area (Å²) in [6.07, 6.45) is 32.9. The number of aromatic nitrogens is 2. The van der Waals surface area contributed by atoms with Crippen LogP contribution in [0, 0.1) is 47.6 Å². The van der Waals surface area contributed by atoms with E-state index in [0.717, 1.165) is 175 Å². The number of likely N-dealkylation sites (tertiary alicyclic amines) is 1. The second-order valence-electron chi connectivity index (χ2n) is 39.9. The Kier molecular flexibility index (Phi) is 57.6. The number of aliphatic hydroxyl groups is 8. The maximum Gasteiger partial charge on any atom is 0.373 e. The van der Waals surface area contributed by atoms with Crippen LogP contribution in [0.1, 0.15) is 299 Å². The van der Waals surface area contributed by atoms with Crippen molar-refractivity contribution < 1.29 is 141 Å². The summed E-state index contributed by atoms with van der Waals surface area (Å²) in [7, 11) is 3.70. The number of ether oxygens (including phenoxy) is 4. The van der Waals surface area contributed by atoms with E-state index in [9.17, 15) is 99.3 Å². The highest BCUT2D eigenvalue weighted by atomic mass is 32.2. The summed E-state index contributed by atoms with van der Waals surface area (Å²) in [5.74, 6) is -2.88. The highest BCUT2D eigenvalue weighted by molar-refractivity contribution is 8.00. The van der Waals surface area contributed by atoms with Crippen LogP contribution in [0.5, 0.6) is 11.5 Å². The molecule has 0 spiro atoms. The van der Waals surface area contributed by atoms with Crippen LogP contribution in [0.2, 0.25) is 0 Å². The number of ketones is 2. The number of anilines is 2. The monoisotopic (exact) mass is 2130 g/mol. The van der Waals surface area contributed by atoms with E-state index in [4.69, 9.17) is 43.2 Å². The highest BCUT2D eigenvalue weighted by Crippen LogP contribution is 2.46. The minimum absolute atomic E-state index is 0. The number of nitriles is 2. The van der Waals surface area contributed by atoms with Crippen LogP contribution >= 0.6 is 23.5 Å². The van der Waals surface area contributed by atoms with Gasteiger partial charge in [-0.15, -0.1) is 0 Å². The van der Waals surface area contributed by atoms with Gasteiger partial charge in [0.05, 0.1) is 55.0 Å². The number of nitrogens with one attached hydrogen (secondary N) is 3. The summed E-state index contributed by atoms with van der Waals surface area (Å²) in [5.41, 5.74) is 4.44. The molecule has 7 amide bonds. The van der Waals surface area contributed by atoms with Crippen LogP contribution in [0.15, 0.2) is 83.3 Å². The maximum absolute atomic E-state index is 13.6. The Morgan fingerprint density at radius 3 is 1.21 bits per heavy atom. The molecular formula is C109H160N12O27S2+2. The summed E-state index contributed by atoms with van der Waals surface area (Å²) >= 11 is 3.05. The number of aliphatic imine (C=N–C) groups is 2. The number of benzene rings is 2. The SMILES string of the molecule is C.C.CSC.CSC1CC(=O)N(C2(C(=O)CCCC(=O)Nc3cc(C[n+]4ccc(CC(CCCCCCCCC(=O)N(C)CC5(CO)CCCC5)=NC#N)cc4)cc(C)c3OC3OCC(O)[C@H](O)[C@@H]3O)CCC2)C1=O.Cc1cc(C[n+]2ccc(CC(CCCCCCCCC(=O)N(C)CC3(CO)CCCC3)=NC#N)cc2)cc(NC(=O)CCCC(=O)C2(NC(=O)CCC(=O)O)CCC2)c1OC1OCC(O)[C@H](O)[C@@H]1O.O=C=O.O=C=O. The number of imide groups is 1. The number of pyridine rings is 2. The minimum atomic E-state index is -1.58. The lowest BCUT2D eigenvalue weighted by Crippen LogP contribution is -2.61. The van der Waals surface area contributed by atoms with Gasteiger partial charge < -0.3 is 90.7 Å². The molecule has 4 aliphatic carbocycles. The van der Waals surface area contributed by atoms with Crippen LogP contribution in [-0.2, 0) is 103 Å². The number of carbonyl (C=O) groups is 10. The number of nitrogens with zero attached hydrogens (tertiary/aromatic N) is 9. The number of carboxylic acids is 1. The molecule has 3 aliphatic heterocycles. The van der Waals surface area contributed by atoms with Crippen molar-refractivity contribution >= 4 is 118 Å². The highest BCUT2D eigenvalue weighted by Gasteiger charge is 2.57. The van der Waals surface area contributed by atoms with Gasteiger partial charge in [-0.1, -0.05) is 91.9 Å². The quantitative estimate of drug-likeness (QED) is 0.00642. The number of aliphatic carboxylic acids is 1. The van der Waals surface area contributed by atoms with Crippen LogP contribution < -0.4 is 34.6 Å². The first kappa shape index (κ1) is 129. The van der Waals surface area contributed by atoms with E-state index >= 15 is 0 Å². The number of aliphatic hydroxyl groups excluding tert-OH is 8. The Morgan fingerprint density at radius 2 is 0.867 bits per heavy atom. The zero-order valence-corrected chi connectivity index (χ0v) is 88.1. The molecule has 828 valence electrons. The molecule has 39 nitrogen and oxygen atoms in total. The zero-order valence-electron chi connectivity index (χ0n) is 86.5. The lowest BCUT2D eigenvalue weighted by Gasteiger charge is -2.46. The van der Waals surface area contributed by atoms with E-state index in [0.29, 0.717) is 102 Å². The van der Waals surface area contributed by atoms with Gasteiger partial charge in [0, 0.05) is 149 Å². The Balaban J connectivity index is 0.000000482. The Morgan fingerprint density at radius 1 is 0.493 bits per heavy atom. The molecule has 4 aromatic rings. The van der Waals surface area contributed by atoms with Crippen molar-refractivity contribution in [2.24, 2.45) is 20.8 Å². The predicted octanol–water partition coefficient (Wildman–Crippen LogP) is 10.2. The smallest absolute Gasteiger partial charge is 0.373 e. The van der Waals surface area contributed by atoms with E-state index in [1.165, 1.54) is 16.7 Å². The van der Waals surface area contributed by atoms with Crippen molar-refractivity contribution in [2.45, 2.75) is 371 Å². The number of hydrogen-bond donors (Lipinski definition) is 12. The molecular weight excluding hydrogens is 1970 g/mol. The van der Waals surface area contributed by atoms with Crippen molar-refractivity contribution in [1.29, 1.82) is 10.5 Å². The standard InChI is InChI=1S/C52H72N6O11S.C51H72N6O12.C2H6S.2CO2.2CH4/c1-35-26-37(30-57-24-18-36(19-25-57)27-38(54-34-53)14-8-6-4-5-7-9-17-44(63)56(2)32-51(33-59)20-10-11-21-51)28-39(48(35)69-50-47(66)46(65)40(60)31-68-50)55-43(62)16-12-15-42(61)52(22-13-23-52)58-45(64)29-41(70-3)49(58)67;1-35-27-37(30-57-25-19-36(20-26-57)28-38(53-34-52)13-7-5-3-4-6-8-16-44(63)56(2)32-50(33-58)21-9-10-22-50)29-39(48(35)69-49-47(67)46(66)40(59)31-68-49)54-42(61)15-11-14-41(60)51(23-12-24-51)55-43(62)17-18-45(64)65;1-3-2;2*2-1-3;;/h18-19,24-26,28,40-41,46-47,50,59-60,65-66H,4-17,20-23,27,29-33H2,1-3H3;19-20,25-27,29,40,46-47,49,58-59,66-67H,3-18,21-24,28,30-33H2,1-2H3,(H2-,54,55,61,62,64,65);1-2H3;;;2*1H4/p+2/t40?,41?,46-,47-,50?;40?,46-,47-,49?;;;;;/m00...../s1. The lowest BCUT2D eigenvalue weighted by molar-refractivity contribution is -0.688. The molecule has 4 saturated carbocycles. The number of aryl methyl sites for hydroxylation is 2. The number of amides is 7. The van der Waals surface area contributed by atoms with Gasteiger partial charge >= 0.3 is 18.3 Å². The fourth-order valence-corrected chi connectivity index (χ4v) is 20.6. The molecule has 11 rings (SSSR count). The molecule has 3 saturated heterocycles. The number of hydrogen-bond acceptors (Lipinski definition) is 32. The van der Waals surface area contributed by atoms with Crippen molar-refractivity contribution in [1.82, 2.24) is 20.0 Å². The predicted molar refractivity (Wildman–Crippen MR) is 559 cm³/mol. The average Bonchev–Trinajstić information content (AvgIpc) is 1.56. The molecule has 2 aromatic carbocycles. The van der Waals surface area contributed by atoms with Gasteiger partial charge in [-0.2, -0.15) is 63.2 Å². The summed E-state index contributed by atoms with van der Waals surface area (Å²) in [6, 6.07) is 15.1. The van der Waals surface area contributed by atoms with Gasteiger partial charge in [0.1, 0.15) is 53.7 Å². The minimum Gasteiger partial charge on any atom is -0.481 e. The number of thioether (sulfide) groups is 2. The number of unbranched alkanes of at least 4 members (excludes halogenated alkanes) is 10. The van der Waals surface area contributed by atoms with Gasteiger partial charge in [0.15, 0.2) is 49.4 Å². The average molecular weight is 2130 g/mol. The first-order chi connectivity index (χ1) is 70.9. The third kappa shape index (κ3) is 40.2. The molecule has 5 unspecified atom stereocenters. The van der Waals surface area contributed by atoms with E-state index in [1.807, 2.05) is 109 Å². The fourth-order valence-electron chi connectivity index (χ4n) is 20.0. The van der Waals surface area contributed by atoms with Crippen LogP contribution in [-0.4, -0.2) is 281 Å². The third-order valence-corrected chi connectivity index (χ3v) is 29.4. The summed E-state index contributed by atoms with van der Waals surface area (Å²) < 4.78 is 27.1. The molecule has 150 heavy (non-hydrogen) atoms. The number of Topliss-reactive ketones (excluding diaryl/α,β-unsaturated/α-hetero) is 2. The molecule has 0 bridgehead atoms. The van der Waals surface area contributed by atoms with Crippen molar-refractivity contribution in [3.05, 3.63) is 107 Å². The first-order valence-electron chi connectivity index (χ1n) is 51.4. The normalized spacial score (nSPS) is 20.4. The first-order valence-corrected chi connectivity index (χ1v) is 54.3. The molecule has 7 aliphatic rings. The van der Waals surface area contributed by atoms with E-state index in [1.54, 1.807) is 53.8 Å². The van der Waals surface area contributed by atoms with Crippen molar-refractivity contribution in [3.63, 3.8) is 0 Å². The fraction of sp³-hybridized carbons (Fsp3) is 0.651. The number of carbonyl (C=O) groups excluding carboxylic acids is 13. The molecule has 41 heteroatoms. The molecule has 5 heterocycles. The van der Waals surface area contributed by atoms with Gasteiger partial charge in [-0.3, -0.25) is 52.8 Å². The molecule has 12 N–H and O–H groups in total. The largest absolute Gasteiger partial charge is 0.481 e. The Labute approximate surface area is 889 Å². The molecule has 7 fully saturated rings. The number of carboxylic acid groups (broad SMARTS) is 1. The van der Waals surface area contributed by atoms with Crippen molar-refractivity contribution in [2.75, 3.05) is 83.0 Å². The maximum atomic E-state index is 13.6. The molecule has 9 atom stereocenters. The molecule has 2 aromatic heterocycles. The van der Waals surface area contributed by atoms with E-state index in [2.05, 4.69) is 25.9 Å². The van der Waals surface area contributed by atoms with Gasteiger partial charge in [-0.05, 0) is 195 Å². The Hall–Kier alpha value is -11.0. The van der Waals surface area contributed by atoms with Gasteiger partial charge in [-0.25, -0.2) is 9.13 Å². The topological polar surface area (TPSA) is 584 Å². The lowest BCUT2D eigenvalue weighted by atomic mass is 9.71. The molecule has 0 radical (unpaired) electrons. The van der Waals surface area contributed by atoms with Crippen LogP contribution in [0.3, 0.4) is 0 Å². The van der Waals surface area contributed by atoms with Crippen LogP contribution in [0.4, 0.5) is 11.4 Å². The summed E-state index contributed by atoms with van der Waals surface area (Å²) in [6.45, 7) is 5.28. The summed E-state index contributed by atoms with van der Waals surface area (Å²) in [4.78, 5) is 174. The van der Waals surface area contributed by atoms with Gasteiger partial charge in [0.25, 0.3) is 0 Å².